The fraction of sp³-hybridized carbons (Fsp3) is 0.143. The van der Waals surface area contributed by atoms with Crippen LogP contribution in [0.5, 0.6) is 0 Å². The molecule has 18 heavy (non-hydrogen) atoms. The lowest BCUT2D eigenvalue weighted by molar-refractivity contribution is 0.870. The lowest BCUT2D eigenvalue weighted by Gasteiger charge is -2.14. The highest BCUT2D eigenvalue weighted by molar-refractivity contribution is 9.10. The van der Waals surface area contributed by atoms with Crippen LogP contribution in [0.2, 0.25) is 10.0 Å². The first kappa shape index (κ1) is 13.9. The van der Waals surface area contributed by atoms with Gasteiger partial charge in [0, 0.05) is 14.5 Å². The standard InChI is InChI=1S/C14H12BrCl2N/c1-8-2-3-9(6-13(8)17)14(18)10-4-11(15)7-12(16)5-10/h2-7,14H,18H2,1H3. The van der Waals surface area contributed by atoms with Crippen LogP contribution >= 0.6 is 39.1 Å². The van der Waals surface area contributed by atoms with E-state index in [1.165, 1.54) is 0 Å². The molecule has 0 aliphatic rings. The van der Waals surface area contributed by atoms with Crippen LogP contribution < -0.4 is 5.73 Å². The molecule has 0 aliphatic carbocycles. The van der Waals surface area contributed by atoms with E-state index >= 15 is 0 Å². The molecule has 0 saturated carbocycles. The first-order valence-electron chi connectivity index (χ1n) is 5.45. The lowest BCUT2D eigenvalue weighted by atomic mass is 9.99. The van der Waals surface area contributed by atoms with Crippen molar-refractivity contribution in [3.8, 4) is 0 Å². The van der Waals surface area contributed by atoms with Crippen LogP contribution in [-0.4, -0.2) is 0 Å². The summed E-state index contributed by atoms with van der Waals surface area (Å²) < 4.78 is 0.915. The van der Waals surface area contributed by atoms with E-state index < -0.39 is 0 Å². The predicted octanol–water partition coefficient (Wildman–Crippen LogP) is 5.11. The van der Waals surface area contributed by atoms with Gasteiger partial charge in [-0.15, -0.1) is 0 Å². The number of halogens is 3. The highest BCUT2D eigenvalue weighted by atomic mass is 79.9. The van der Waals surface area contributed by atoms with Gasteiger partial charge in [0.25, 0.3) is 0 Å². The summed E-state index contributed by atoms with van der Waals surface area (Å²) in [7, 11) is 0. The maximum absolute atomic E-state index is 6.23. The molecule has 0 fully saturated rings. The van der Waals surface area contributed by atoms with Crippen LogP contribution in [0.15, 0.2) is 40.9 Å². The van der Waals surface area contributed by atoms with Gasteiger partial charge in [0.15, 0.2) is 0 Å². The molecule has 0 spiro atoms. The Balaban J connectivity index is 2.40. The number of hydrogen-bond acceptors (Lipinski definition) is 1. The molecule has 2 N–H and O–H groups in total. The molecule has 0 amide bonds. The van der Waals surface area contributed by atoms with Crippen molar-refractivity contribution in [2.45, 2.75) is 13.0 Å². The second-order valence-electron chi connectivity index (χ2n) is 4.19. The van der Waals surface area contributed by atoms with Crippen molar-refractivity contribution in [3.63, 3.8) is 0 Å². The zero-order valence-electron chi connectivity index (χ0n) is 9.75. The summed E-state index contributed by atoms with van der Waals surface area (Å²) in [5.41, 5.74) is 9.20. The molecule has 2 aromatic rings. The van der Waals surface area contributed by atoms with Gasteiger partial charge in [-0.25, -0.2) is 0 Å². The quantitative estimate of drug-likeness (QED) is 0.804. The van der Waals surface area contributed by atoms with Crippen molar-refractivity contribution in [3.05, 3.63) is 67.6 Å². The normalized spacial score (nSPS) is 12.5. The van der Waals surface area contributed by atoms with Crippen LogP contribution in [0.25, 0.3) is 0 Å². The average Bonchev–Trinajstić information content (AvgIpc) is 2.30. The minimum absolute atomic E-state index is 0.238. The summed E-state index contributed by atoms with van der Waals surface area (Å²) in [4.78, 5) is 0. The van der Waals surface area contributed by atoms with Crippen LogP contribution in [-0.2, 0) is 0 Å². The fourth-order valence-electron chi connectivity index (χ4n) is 1.75. The Labute approximate surface area is 125 Å². The lowest BCUT2D eigenvalue weighted by Crippen LogP contribution is -2.12. The van der Waals surface area contributed by atoms with Gasteiger partial charge < -0.3 is 5.73 Å². The van der Waals surface area contributed by atoms with E-state index in [2.05, 4.69) is 15.9 Å². The van der Waals surface area contributed by atoms with Gasteiger partial charge in [0.05, 0.1) is 6.04 Å². The minimum Gasteiger partial charge on any atom is -0.320 e. The summed E-state index contributed by atoms with van der Waals surface area (Å²) >= 11 is 15.6. The largest absolute Gasteiger partial charge is 0.320 e. The smallest absolute Gasteiger partial charge is 0.0553 e. The Bertz CT molecular complexity index is 564. The summed E-state index contributed by atoms with van der Waals surface area (Å²) in [5.74, 6) is 0. The van der Waals surface area contributed by atoms with Crippen LogP contribution in [0, 0.1) is 6.92 Å². The first-order chi connectivity index (χ1) is 8.47. The van der Waals surface area contributed by atoms with Gasteiger partial charge >= 0.3 is 0 Å². The van der Waals surface area contributed by atoms with Crippen LogP contribution in [0.3, 0.4) is 0 Å². The third-order valence-corrected chi connectivity index (χ3v) is 3.88. The van der Waals surface area contributed by atoms with Crippen LogP contribution in [0.4, 0.5) is 0 Å². The molecule has 2 rings (SSSR count). The highest BCUT2D eigenvalue weighted by Crippen LogP contribution is 2.28. The number of benzene rings is 2. The fourth-order valence-corrected chi connectivity index (χ4v) is 2.83. The Morgan fingerprint density at radius 1 is 1.06 bits per heavy atom. The van der Waals surface area contributed by atoms with E-state index in [-0.39, 0.29) is 6.04 Å². The Hall–Kier alpha value is -0.540. The SMILES string of the molecule is Cc1ccc(C(N)c2cc(Cl)cc(Br)c2)cc1Cl. The number of hydrogen-bond donors (Lipinski definition) is 1. The molecular weight excluding hydrogens is 333 g/mol. The Kier molecular flexibility index (Phi) is 4.33. The van der Waals surface area contributed by atoms with Crippen LogP contribution in [0.1, 0.15) is 22.7 Å². The summed E-state index contributed by atoms with van der Waals surface area (Å²) in [5, 5.41) is 1.39. The molecule has 0 saturated heterocycles. The van der Waals surface area contributed by atoms with Gasteiger partial charge in [0.2, 0.25) is 0 Å². The van der Waals surface area contributed by atoms with Gasteiger partial charge in [-0.1, -0.05) is 51.3 Å². The average molecular weight is 345 g/mol. The predicted molar refractivity (Wildman–Crippen MR) is 81.4 cm³/mol. The molecule has 1 nitrogen and oxygen atoms in total. The number of rotatable bonds is 2. The maximum atomic E-state index is 6.23. The van der Waals surface area contributed by atoms with Crippen molar-refractivity contribution < 1.29 is 0 Å². The van der Waals surface area contributed by atoms with E-state index in [1.807, 2.05) is 43.3 Å². The highest BCUT2D eigenvalue weighted by Gasteiger charge is 2.11. The molecule has 4 heteroatoms. The van der Waals surface area contributed by atoms with Gasteiger partial charge in [-0.05, 0) is 47.9 Å². The molecule has 0 radical (unpaired) electrons. The minimum atomic E-state index is -0.238. The molecule has 94 valence electrons. The zero-order valence-corrected chi connectivity index (χ0v) is 12.9. The molecular formula is C14H12BrCl2N. The van der Waals surface area contributed by atoms with Gasteiger partial charge in [0.1, 0.15) is 0 Å². The Morgan fingerprint density at radius 2 is 1.78 bits per heavy atom. The molecule has 2 aromatic carbocycles. The van der Waals surface area contributed by atoms with E-state index in [9.17, 15) is 0 Å². The molecule has 1 unspecified atom stereocenters. The summed E-state index contributed by atoms with van der Waals surface area (Å²) in [6, 6.07) is 11.3. The van der Waals surface area contributed by atoms with Crippen molar-refractivity contribution >= 4 is 39.1 Å². The van der Waals surface area contributed by atoms with E-state index in [0.29, 0.717) is 5.02 Å². The van der Waals surface area contributed by atoms with E-state index in [1.54, 1.807) is 0 Å². The van der Waals surface area contributed by atoms with Crippen molar-refractivity contribution in [2.24, 2.45) is 5.73 Å². The molecule has 0 aliphatic heterocycles. The second kappa shape index (κ2) is 5.62. The molecule has 0 aromatic heterocycles. The number of aryl methyl sites for hydroxylation is 1. The first-order valence-corrected chi connectivity index (χ1v) is 7.00. The summed E-state index contributed by atoms with van der Waals surface area (Å²) in [6.45, 7) is 1.97. The van der Waals surface area contributed by atoms with Crippen molar-refractivity contribution in [1.29, 1.82) is 0 Å². The number of nitrogens with two attached hydrogens (primary N) is 1. The van der Waals surface area contributed by atoms with Crippen molar-refractivity contribution in [2.75, 3.05) is 0 Å². The second-order valence-corrected chi connectivity index (χ2v) is 5.95. The monoisotopic (exact) mass is 343 g/mol. The van der Waals surface area contributed by atoms with E-state index in [0.717, 1.165) is 26.2 Å². The molecule has 1 atom stereocenters. The summed E-state index contributed by atoms with van der Waals surface area (Å²) in [6.07, 6.45) is 0. The van der Waals surface area contributed by atoms with Gasteiger partial charge in [-0.3, -0.25) is 0 Å². The zero-order chi connectivity index (χ0) is 13.3. The van der Waals surface area contributed by atoms with E-state index in [4.69, 9.17) is 28.9 Å². The van der Waals surface area contributed by atoms with Gasteiger partial charge in [-0.2, -0.15) is 0 Å². The Morgan fingerprint density at radius 3 is 2.39 bits per heavy atom. The third-order valence-electron chi connectivity index (χ3n) is 2.80. The third kappa shape index (κ3) is 3.07. The molecule has 0 bridgehead atoms. The molecule has 0 heterocycles. The topological polar surface area (TPSA) is 26.0 Å². The maximum Gasteiger partial charge on any atom is 0.0553 e. The van der Waals surface area contributed by atoms with Crippen molar-refractivity contribution in [1.82, 2.24) is 0 Å².